The second-order valence-electron chi connectivity index (χ2n) is 4.20. The summed E-state index contributed by atoms with van der Waals surface area (Å²) in [6.07, 6.45) is 2.12. The van der Waals surface area contributed by atoms with Crippen LogP contribution in [0.3, 0.4) is 0 Å². The number of ether oxygens (including phenoxy) is 1. The number of hydrogen-bond acceptors (Lipinski definition) is 2. The highest BCUT2D eigenvalue weighted by molar-refractivity contribution is 5.91. The molecule has 3 heteroatoms. The summed E-state index contributed by atoms with van der Waals surface area (Å²) in [5.74, 6) is 1.08. The van der Waals surface area contributed by atoms with Gasteiger partial charge in [-0.1, -0.05) is 6.07 Å². The molecule has 1 fully saturated rings. The van der Waals surface area contributed by atoms with E-state index in [0.717, 1.165) is 24.2 Å². The van der Waals surface area contributed by atoms with Crippen molar-refractivity contribution in [2.45, 2.75) is 24.8 Å². The predicted octanol–water partition coefficient (Wildman–Crippen LogP) is 1.22. The number of aryl methyl sites for hydroxylation is 1. The van der Waals surface area contributed by atoms with Crippen LogP contribution in [0.5, 0.6) is 5.75 Å². The summed E-state index contributed by atoms with van der Waals surface area (Å²) in [7, 11) is 1.66. The van der Waals surface area contributed by atoms with E-state index >= 15 is 0 Å². The summed E-state index contributed by atoms with van der Waals surface area (Å²) in [5.41, 5.74) is 2.46. The Morgan fingerprint density at radius 2 is 2.33 bits per heavy atom. The van der Waals surface area contributed by atoms with Gasteiger partial charge in [0, 0.05) is 6.04 Å². The number of rotatable bonds is 1. The van der Waals surface area contributed by atoms with E-state index in [2.05, 4.69) is 11.4 Å². The summed E-state index contributed by atoms with van der Waals surface area (Å²) in [4.78, 5) is 11.5. The van der Waals surface area contributed by atoms with Crippen molar-refractivity contribution in [3.8, 4) is 5.75 Å². The van der Waals surface area contributed by atoms with Crippen LogP contribution in [0.4, 0.5) is 0 Å². The number of benzene rings is 1. The van der Waals surface area contributed by atoms with E-state index in [1.54, 1.807) is 7.11 Å². The van der Waals surface area contributed by atoms with Gasteiger partial charge in [0.15, 0.2) is 0 Å². The van der Waals surface area contributed by atoms with E-state index in [9.17, 15) is 4.79 Å². The zero-order valence-corrected chi connectivity index (χ0v) is 8.62. The summed E-state index contributed by atoms with van der Waals surface area (Å²) >= 11 is 0. The summed E-state index contributed by atoms with van der Waals surface area (Å²) < 4.78 is 5.19. The number of amides is 1. The molecular formula is C12H13NO2. The van der Waals surface area contributed by atoms with Gasteiger partial charge in [-0.15, -0.1) is 0 Å². The Labute approximate surface area is 88.4 Å². The smallest absolute Gasteiger partial charge is 0.229 e. The average molecular weight is 203 g/mol. The first-order chi connectivity index (χ1) is 7.29. The molecule has 1 aromatic rings. The van der Waals surface area contributed by atoms with Crippen LogP contribution in [0.1, 0.15) is 23.5 Å². The molecule has 1 N–H and O–H groups in total. The second kappa shape index (κ2) is 2.99. The number of carbonyl (C=O) groups is 1. The summed E-state index contributed by atoms with van der Waals surface area (Å²) in [6.45, 7) is 0. The van der Waals surface area contributed by atoms with Crippen molar-refractivity contribution < 1.29 is 9.53 Å². The minimum Gasteiger partial charge on any atom is -0.497 e. The molecule has 15 heavy (non-hydrogen) atoms. The van der Waals surface area contributed by atoms with E-state index in [-0.39, 0.29) is 11.8 Å². The van der Waals surface area contributed by atoms with Gasteiger partial charge in [0.05, 0.1) is 13.0 Å². The first-order valence-electron chi connectivity index (χ1n) is 5.27. The second-order valence-corrected chi connectivity index (χ2v) is 4.20. The Balaban J connectivity index is 2.06. The third kappa shape index (κ3) is 1.16. The van der Waals surface area contributed by atoms with Crippen LogP contribution >= 0.6 is 0 Å². The van der Waals surface area contributed by atoms with E-state index in [4.69, 9.17) is 4.74 Å². The molecule has 2 aliphatic rings. The Bertz CT molecular complexity index is 428. The van der Waals surface area contributed by atoms with Crippen LogP contribution in [0.2, 0.25) is 0 Å². The molecular weight excluding hydrogens is 190 g/mol. The molecule has 1 aromatic carbocycles. The quantitative estimate of drug-likeness (QED) is 0.697. The molecule has 0 bridgehead atoms. The maximum Gasteiger partial charge on any atom is 0.229 e. The van der Waals surface area contributed by atoms with Gasteiger partial charge in [-0.3, -0.25) is 4.79 Å². The summed E-state index contributed by atoms with van der Waals surface area (Å²) in [6, 6.07) is 6.41. The normalized spacial score (nSPS) is 27.1. The van der Waals surface area contributed by atoms with Gasteiger partial charge in [-0.25, -0.2) is 0 Å². The third-order valence-corrected chi connectivity index (χ3v) is 3.43. The molecule has 3 nitrogen and oxygen atoms in total. The highest BCUT2D eigenvalue weighted by Gasteiger charge is 2.43. The van der Waals surface area contributed by atoms with Crippen LogP contribution in [0.15, 0.2) is 18.2 Å². The molecule has 78 valence electrons. The van der Waals surface area contributed by atoms with Gasteiger partial charge in [0.1, 0.15) is 5.75 Å². The molecule has 1 saturated heterocycles. The topological polar surface area (TPSA) is 38.3 Å². The van der Waals surface area contributed by atoms with Crippen LogP contribution < -0.4 is 10.1 Å². The fourth-order valence-corrected chi connectivity index (χ4v) is 2.57. The van der Waals surface area contributed by atoms with Gasteiger partial charge in [0.25, 0.3) is 0 Å². The first kappa shape index (κ1) is 8.77. The van der Waals surface area contributed by atoms with Crippen molar-refractivity contribution in [3.63, 3.8) is 0 Å². The molecule has 0 aromatic heterocycles. The Hall–Kier alpha value is -1.51. The maximum absolute atomic E-state index is 11.5. The maximum atomic E-state index is 11.5. The number of methoxy groups -OCH3 is 1. The number of β-lactam (4-membered cyclic amide) rings is 1. The fourth-order valence-electron chi connectivity index (χ4n) is 2.57. The minimum atomic E-state index is 0.0730. The van der Waals surface area contributed by atoms with Gasteiger partial charge in [0.2, 0.25) is 5.91 Å². The zero-order valence-electron chi connectivity index (χ0n) is 8.62. The lowest BCUT2D eigenvalue weighted by Gasteiger charge is -2.41. The van der Waals surface area contributed by atoms with Crippen LogP contribution in [-0.2, 0) is 11.2 Å². The molecule has 1 aliphatic heterocycles. The number of nitrogens with one attached hydrogen (secondary N) is 1. The van der Waals surface area contributed by atoms with Gasteiger partial charge in [-0.05, 0) is 36.1 Å². The SMILES string of the molecule is COc1ccc2c(c1)C1C(=O)NC1CC2. The summed E-state index contributed by atoms with van der Waals surface area (Å²) in [5, 5.41) is 2.94. The number of carbonyl (C=O) groups excluding carboxylic acids is 1. The minimum absolute atomic E-state index is 0.0730. The van der Waals surface area contributed by atoms with Gasteiger partial charge in [-0.2, -0.15) is 0 Å². The fraction of sp³-hybridized carbons (Fsp3) is 0.417. The molecule has 0 radical (unpaired) electrons. The standard InChI is InChI=1S/C12H13NO2/c1-15-8-4-2-7-3-5-10-11(9(7)6-8)12(14)13-10/h2,4,6,10-11H,3,5H2,1H3,(H,13,14). The molecule has 1 aliphatic carbocycles. The van der Waals surface area contributed by atoms with Crippen LogP contribution in [-0.4, -0.2) is 19.1 Å². The molecule has 1 heterocycles. The van der Waals surface area contributed by atoms with Crippen molar-refractivity contribution in [1.82, 2.24) is 5.32 Å². The highest BCUT2D eigenvalue weighted by atomic mass is 16.5. The van der Waals surface area contributed by atoms with E-state index in [1.165, 1.54) is 5.56 Å². The Morgan fingerprint density at radius 1 is 1.47 bits per heavy atom. The van der Waals surface area contributed by atoms with Gasteiger partial charge < -0.3 is 10.1 Å². The van der Waals surface area contributed by atoms with E-state index < -0.39 is 0 Å². The predicted molar refractivity (Wildman–Crippen MR) is 56.0 cm³/mol. The van der Waals surface area contributed by atoms with E-state index in [1.807, 2.05) is 12.1 Å². The molecule has 1 amide bonds. The van der Waals surface area contributed by atoms with Crippen LogP contribution in [0, 0.1) is 0 Å². The highest BCUT2D eigenvalue weighted by Crippen LogP contribution is 2.38. The molecule has 3 rings (SSSR count). The van der Waals surface area contributed by atoms with Crippen molar-refractivity contribution in [3.05, 3.63) is 29.3 Å². The van der Waals surface area contributed by atoms with Crippen molar-refractivity contribution in [2.75, 3.05) is 7.11 Å². The first-order valence-corrected chi connectivity index (χ1v) is 5.27. The van der Waals surface area contributed by atoms with Crippen molar-refractivity contribution in [1.29, 1.82) is 0 Å². The van der Waals surface area contributed by atoms with Crippen molar-refractivity contribution in [2.24, 2.45) is 0 Å². The van der Waals surface area contributed by atoms with Gasteiger partial charge >= 0.3 is 0 Å². The lowest BCUT2D eigenvalue weighted by Crippen LogP contribution is -2.58. The molecule has 2 atom stereocenters. The van der Waals surface area contributed by atoms with E-state index in [0.29, 0.717) is 6.04 Å². The lowest BCUT2D eigenvalue weighted by molar-refractivity contribution is -0.131. The molecule has 2 unspecified atom stereocenters. The lowest BCUT2D eigenvalue weighted by atomic mass is 9.74. The molecule has 0 saturated carbocycles. The largest absolute Gasteiger partial charge is 0.497 e. The number of hydrogen-bond donors (Lipinski definition) is 1. The zero-order chi connectivity index (χ0) is 10.4. The van der Waals surface area contributed by atoms with Crippen molar-refractivity contribution >= 4 is 5.91 Å². The number of fused-ring (bicyclic) bond motifs is 3. The Morgan fingerprint density at radius 3 is 3.07 bits per heavy atom. The van der Waals surface area contributed by atoms with Crippen LogP contribution in [0.25, 0.3) is 0 Å². The third-order valence-electron chi connectivity index (χ3n) is 3.43. The average Bonchev–Trinajstić information content (AvgIpc) is 2.25. The monoisotopic (exact) mass is 203 g/mol. The Kier molecular flexibility index (Phi) is 1.75. The molecule has 0 spiro atoms.